The fraction of sp³-hybridized carbons (Fsp3) is 0.400. The molecule has 0 saturated heterocycles. The second kappa shape index (κ2) is 8.23. The van der Waals surface area contributed by atoms with Gasteiger partial charge >= 0.3 is 6.09 Å². The number of carbonyl (C=O) groups excluding carboxylic acids is 3. The number of alkyl carbamates (subject to hydrolysis) is 1. The molecule has 7 nitrogen and oxygen atoms in total. The Kier molecular flexibility index (Phi) is 6.63. The Hall–Kier alpha value is -2.71. The number of hydrogen-bond donors (Lipinski definition) is 3. The molecule has 0 bridgehead atoms. The molecule has 1 aromatic carbocycles. The summed E-state index contributed by atoms with van der Waals surface area (Å²) in [7, 11) is 0. The van der Waals surface area contributed by atoms with Crippen LogP contribution in [0, 0.1) is 0 Å². The molecule has 1 aromatic rings. The molecular weight excluding hydrogens is 324 g/mol. The summed E-state index contributed by atoms with van der Waals surface area (Å²) in [4.78, 5) is 34.6. The summed E-state index contributed by atoms with van der Waals surface area (Å²) in [6.07, 6.45) is -4.43. The number of benzene rings is 1. The van der Waals surface area contributed by atoms with E-state index in [0.717, 1.165) is 6.92 Å². The number of nitrogens with two attached hydrogens (primary N) is 1. The van der Waals surface area contributed by atoms with Gasteiger partial charge in [-0.3, -0.25) is 9.59 Å². The fourth-order valence-electron chi connectivity index (χ4n) is 1.60. The Morgan fingerprint density at radius 2 is 1.83 bits per heavy atom. The second-order valence-corrected chi connectivity index (χ2v) is 5.29. The molecule has 0 aromatic heterocycles. The molecule has 1 rings (SSSR count). The van der Waals surface area contributed by atoms with Gasteiger partial charge in [-0.05, 0) is 19.4 Å². The minimum absolute atomic E-state index is 0.148. The van der Waals surface area contributed by atoms with Gasteiger partial charge in [-0.2, -0.15) is 0 Å². The van der Waals surface area contributed by atoms with Gasteiger partial charge in [0.1, 0.15) is 12.6 Å². The highest BCUT2D eigenvalue weighted by atomic mass is 19.3. The van der Waals surface area contributed by atoms with Crippen molar-refractivity contribution in [2.45, 2.75) is 38.5 Å². The fourth-order valence-corrected chi connectivity index (χ4v) is 1.60. The van der Waals surface area contributed by atoms with E-state index in [0.29, 0.717) is 5.56 Å². The third-order valence-electron chi connectivity index (χ3n) is 3.26. The zero-order chi connectivity index (χ0) is 18.3. The number of alkyl halides is 2. The normalized spacial score (nSPS) is 14.4. The van der Waals surface area contributed by atoms with Crippen LogP contribution in [0.4, 0.5) is 13.6 Å². The summed E-state index contributed by atoms with van der Waals surface area (Å²) in [6, 6.07) is 7.40. The van der Waals surface area contributed by atoms with Crippen LogP contribution in [0.2, 0.25) is 0 Å². The van der Waals surface area contributed by atoms with Crippen LogP contribution >= 0.6 is 0 Å². The van der Waals surface area contributed by atoms with E-state index in [1.54, 1.807) is 30.3 Å². The number of nitrogens with one attached hydrogen (secondary N) is 2. The van der Waals surface area contributed by atoms with Crippen molar-refractivity contribution in [1.82, 2.24) is 10.6 Å². The van der Waals surface area contributed by atoms with Crippen LogP contribution in [-0.4, -0.2) is 35.9 Å². The highest BCUT2D eigenvalue weighted by molar-refractivity contribution is 5.93. The van der Waals surface area contributed by atoms with Gasteiger partial charge in [-0.1, -0.05) is 30.3 Å². The molecule has 0 heterocycles. The van der Waals surface area contributed by atoms with E-state index in [9.17, 15) is 23.2 Å². The third kappa shape index (κ3) is 5.18. The van der Waals surface area contributed by atoms with Crippen molar-refractivity contribution >= 4 is 17.9 Å². The topological polar surface area (TPSA) is 111 Å². The molecule has 0 fully saturated rings. The minimum Gasteiger partial charge on any atom is -0.445 e. The molecule has 9 heteroatoms. The zero-order valence-corrected chi connectivity index (χ0v) is 13.2. The Morgan fingerprint density at radius 1 is 1.25 bits per heavy atom. The number of primary amides is 1. The third-order valence-corrected chi connectivity index (χ3v) is 3.26. The maximum absolute atomic E-state index is 13.3. The minimum atomic E-state index is -3.23. The lowest BCUT2D eigenvalue weighted by Gasteiger charge is -2.29. The molecule has 0 spiro atoms. The predicted octanol–water partition coefficient (Wildman–Crippen LogP) is 0.927. The number of amides is 3. The molecule has 132 valence electrons. The zero-order valence-electron chi connectivity index (χ0n) is 13.2. The Balaban J connectivity index is 2.71. The van der Waals surface area contributed by atoms with Crippen LogP contribution in [0.25, 0.3) is 0 Å². The first-order chi connectivity index (χ1) is 11.2. The number of halogens is 2. The van der Waals surface area contributed by atoms with E-state index in [4.69, 9.17) is 10.5 Å². The molecule has 0 radical (unpaired) electrons. The van der Waals surface area contributed by atoms with Crippen molar-refractivity contribution in [3.05, 3.63) is 35.9 Å². The molecule has 4 N–H and O–H groups in total. The standard InChI is InChI=1S/C15H19F2N3O4/c1-9(11(18)21)19-13(22)15(2,12(16)17)20-14(23)24-8-10-6-4-3-5-7-10/h3-7,9,12H,8H2,1-2H3,(H2,18,21)(H,19,22)(H,20,23)/t9-,15+/m0/s1. The SMILES string of the molecule is C[C@H](NC(=O)[C@](C)(NC(=O)OCc1ccccc1)C(F)F)C(N)=O. The van der Waals surface area contributed by atoms with Gasteiger partial charge in [-0.15, -0.1) is 0 Å². The van der Waals surface area contributed by atoms with Crippen molar-refractivity contribution in [3.63, 3.8) is 0 Å². The highest BCUT2D eigenvalue weighted by Gasteiger charge is 2.45. The van der Waals surface area contributed by atoms with E-state index in [-0.39, 0.29) is 6.61 Å². The predicted molar refractivity (Wildman–Crippen MR) is 81.0 cm³/mol. The van der Waals surface area contributed by atoms with Crippen LogP contribution in [0.3, 0.4) is 0 Å². The van der Waals surface area contributed by atoms with E-state index < -0.39 is 35.9 Å². The first kappa shape index (κ1) is 19.3. The maximum Gasteiger partial charge on any atom is 0.408 e. The van der Waals surface area contributed by atoms with E-state index >= 15 is 0 Å². The highest BCUT2D eigenvalue weighted by Crippen LogP contribution is 2.16. The Labute approximate surface area is 137 Å². The first-order valence-electron chi connectivity index (χ1n) is 7.04. The summed E-state index contributed by atoms with van der Waals surface area (Å²) < 4.78 is 31.3. The largest absolute Gasteiger partial charge is 0.445 e. The molecular formula is C15H19F2N3O4. The molecule has 0 aliphatic heterocycles. The molecule has 2 atom stereocenters. The van der Waals surface area contributed by atoms with Crippen LogP contribution in [0.15, 0.2) is 30.3 Å². The van der Waals surface area contributed by atoms with Crippen LogP contribution in [0.1, 0.15) is 19.4 Å². The average Bonchev–Trinajstić information content (AvgIpc) is 2.53. The average molecular weight is 343 g/mol. The van der Waals surface area contributed by atoms with Crippen LogP contribution < -0.4 is 16.4 Å². The lowest BCUT2D eigenvalue weighted by molar-refractivity contribution is -0.136. The van der Waals surface area contributed by atoms with Crippen molar-refractivity contribution in [3.8, 4) is 0 Å². The quantitative estimate of drug-likeness (QED) is 0.684. The Morgan fingerprint density at radius 3 is 2.33 bits per heavy atom. The number of carbonyl (C=O) groups is 3. The Bertz CT molecular complexity index is 598. The number of rotatable bonds is 7. The van der Waals surface area contributed by atoms with Crippen molar-refractivity contribution in [1.29, 1.82) is 0 Å². The molecule has 24 heavy (non-hydrogen) atoms. The summed E-state index contributed by atoms with van der Waals surface area (Å²) in [6.45, 7) is 1.91. The van der Waals surface area contributed by atoms with Gasteiger partial charge in [0.15, 0.2) is 5.54 Å². The lowest BCUT2D eigenvalue weighted by atomic mass is 10.0. The molecule has 0 unspecified atom stereocenters. The first-order valence-corrected chi connectivity index (χ1v) is 7.04. The smallest absolute Gasteiger partial charge is 0.408 e. The van der Waals surface area contributed by atoms with Crippen LogP contribution in [0.5, 0.6) is 0 Å². The van der Waals surface area contributed by atoms with Gasteiger partial charge < -0.3 is 21.1 Å². The molecule has 0 aliphatic carbocycles. The van der Waals surface area contributed by atoms with Crippen molar-refractivity contribution in [2.75, 3.05) is 0 Å². The van der Waals surface area contributed by atoms with Gasteiger partial charge in [0, 0.05) is 0 Å². The van der Waals surface area contributed by atoms with Gasteiger partial charge in [0.2, 0.25) is 5.91 Å². The van der Waals surface area contributed by atoms with Gasteiger partial charge in [0.05, 0.1) is 0 Å². The summed E-state index contributed by atoms with van der Waals surface area (Å²) in [5.74, 6) is -2.15. The monoisotopic (exact) mass is 343 g/mol. The number of ether oxygens (including phenoxy) is 1. The second-order valence-electron chi connectivity index (χ2n) is 5.29. The number of hydrogen-bond acceptors (Lipinski definition) is 4. The van der Waals surface area contributed by atoms with Gasteiger partial charge in [0.25, 0.3) is 12.3 Å². The van der Waals surface area contributed by atoms with E-state index in [1.807, 2.05) is 10.6 Å². The lowest BCUT2D eigenvalue weighted by Crippen LogP contribution is -2.63. The molecule has 0 aliphatic rings. The summed E-state index contributed by atoms with van der Waals surface area (Å²) in [5.41, 5.74) is 3.04. The van der Waals surface area contributed by atoms with E-state index in [1.165, 1.54) is 6.92 Å². The summed E-state index contributed by atoms with van der Waals surface area (Å²) >= 11 is 0. The van der Waals surface area contributed by atoms with Crippen LogP contribution in [-0.2, 0) is 20.9 Å². The van der Waals surface area contributed by atoms with E-state index in [2.05, 4.69) is 0 Å². The molecule has 0 saturated carbocycles. The van der Waals surface area contributed by atoms with Crippen molar-refractivity contribution in [2.24, 2.45) is 5.73 Å². The van der Waals surface area contributed by atoms with Crippen molar-refractivity contribution < 1.29 is 27.9 Å². The summed E-state index contributed by atoms with van der Waals surface area (Å²) in [5, 5.41) is 3.85. The maximum atomic E-state index is 13.3. The molecule has 3 amide bonds. The van der Waals surface area contributed by atoms with Gasteiger partial charge in [-0.25, -0.2) is 13.6 Å².